The highest BCUT2D eigenvalue weighted by molar-refractivity contribution is 5.73. The summed E-state index contributed by atoms with van der Waals surface area (Å²) >= 11 is 0. The first-order chi connectivity index (χ1) is 9.61. The molecule has 0 spiro atoms. The lowest BCUT2D eigenvalue weighted by molar-refractivity contribution is -0.118. The van der Waals surface area contributed by atoms with Gasteiger partial charge in [-0.2, -0.15) is 0 Å². The quantitative estimate of drug-likeness (QED) is 0.555. The minimum atomic E-state index is -0.575. The number of primary amides is 1. The molecule has 0 saturated carbocycles. The number of carbonyl (C=O) groups is 1. The van der Waals surface area contributed by atoms with Gasteiger partial charge in [0.15, 0.2) is 0 Å². The van der Waals surface area contributed by atoms with Gasteiger partial charge in [0, 0.05) is 13.0 Å². The Kier molecular flexibility index (Phi) is 7.69. The number of benzene rings is 1. The van der Waals surface area contributed by atoms with Gasteiger partial charge in [-0.3, -0.25) is 4.79 Å². The zero-order valence-electron chi connectivity index (χ0n) is 12.0. The molecule has 0 saturated heterocycles. The van der Waals surface area contributed by atoms with Crippen molar-refractivity contribution in [1.82, 2.24) is 5.32 Å². The molecule has 112 valence electrons. The lowest BCUT2D eigenvalue weighted by Crippen LogP contribution is -2.32. The van der Waals surface area contributed by atoms with Crippen molar-refractivity contribution in [3.05, 3.63) is 29.8 Å². The molecule has 0 aliphatic carbocycles. The third kappa shape index (κ3) is 7.11. The Labute approximate surface area is 120 Å². The fraction of sp³-hybridized carbons (Fsp3) is 0.533. The van der Waals surface area contributed by atoms with Crippen molar-refractivity contribution in [1.29, 1.82) is 0 Å². The highest BCUT2D eigenvalue weighted by Gasteiger charge is 2.05. The molecule has 1 unspecified atom stereocenters. The molecule has 1 aromatic carbocycles. The molecule has 4 N–H and O–H groups in total. The molecule has 0 radical (unpaired) electrons. The number of aryl methyl sites for hydroxylation is 1. The van der Waals surface area contributed by atoms with Gasteiger partial charge in [0.25, 0.3) is 0 Å². The minimum absolute atomic E-state index is 0.244. The molecular formula is C15H24N2O3. The topological polar surface area (TPSA) is 84.6 Å². The second-order valence-electron chi connectivity index (χ2n) is 4.74. The van der Waals surface area contributed by atoms with Crippen molar-refractivity contribution in [2.75, 3.05) is 19.7 Å². The van der Waals surface area contributed by atoms with Crippen molar-refractivity contribution >= 4 is 5.91 Å². The fourth-order valence-corrected chi connectivity index (χ4v) is 1.73. The van der Waals surface area contributed by atoms with Crippen LogP contribution in [0.1, 0.15) is 25.3 Å². The maximum atomic E-state index is 10.5. The third-order valence-corrected chi connectivity index (χ3v) is 2.93. The fourth-order valence-electron chi connectivity index (χ4n) is 1.73. The van der Waals surface area contributed by atoms with E-state index in [4.69, 9.17) is 10.5 Å². The predicted molar refractivity (Wildman–Crippen MR) is 78.6 cm³/mol. The molecule has 20 heavy (non-hydrogen) atoms. The molecule has 5 nitrogen and oxygen atoms in total. The maximum Gasteiger partial charge on any atom is 0.217 e. The van der Waals surface area contributed by atoms with Crippen LogP contribution in [0.2, 0.25) is 0 Å². The summed E-state index contributed by atoms with van der Waals surface area (Å²) < 4.78 is 5.50. The van der Waals surface area contributed by atoms with Crippen LogP contribution in [0, 0.1) is 0 Å². The number of aliphatic hydroxyl groups excluding tert-OH is 1. The molecule has 0 heterocycles. The van der Waals surface area contributed by atoms with Crippen molar-refractivity contribution < 1.29 is 14.6 Å². The summed E-state index contributed by atoms with van der Waals surface area (Å²) in [5.41, 5.74) is 6.29. The smallest absolute Gasteiger partial charge is 0.217 e. The first kappa shape index (κ1) is 16.5. The van der Waals surface area contributed by atoms with Crippen molar-refractivity contribution in [2.24, 2.45) is 5.73 Å². The Morgan fingerprint density at radius 3 is 2.70 bits per heavy atom. The zero-order valence-corrected chi connectivity index (χ0v) is 12.0. The zero-order chi connectivity index (χ0) is 14.8. The van der Waals surface area contributed by atoms with Gasteiger partial charge in [-0.05, 0) is 37.1 Å². The number of hydrogen-bond donors (Lipinski definition) is 3. The monoisotopic (exact) mass is 280 g/mol. The Morgan fingerprint density at radius 2 is 2.10 bits per heavy atom. The van der Waals surface area contributed by atoms with Gasteiger partial charge in [0.05, 0.1) is 0 Å². The average Bonchev–Trinajstić information content (AvgIpc) is 2.45. The Hall–Kier alpha value is -1.59. The first-order valence-corrected chi connectivity index (χ1v) is 7.00. The van der Waals surface area contributed by atoms with Gasteiger partial charge >= 0.3 is 0 Å². The van der Waals surface area contributed by atoms with E-state index >= 15 is 0 Å². The summed E-state index contributed by atoms with van der Waals surface area (Å²) in [7, 11) is 0. The number of nitrogens with one attached hydrogen (secondary N) is 1. The maximum absolute atomic E-state index is 10.5. The summed E-state index contributed by atoms with van der Waals surface area (Å²) in [5, 5.41) is 12.8. The highest BCUT2D eigenvalue weighted by Crippen LogP contribution is 2.12. The van der Waals surface area contributed by atoms with Crippen LogP contribution in [0.3, 0.4) is 0 Å². The standard InChI is InChI=1S/C15H24N2O3/c1-2-12-5-7-14(8-6-12)20-11-13(18)10-17-9-3-4-15(16)19/h5-8,13,17-18H,2-4,9-11H2,1H3,(H2,16,19). The van der Waals surface area contributed by atoms with E-state index in [2.05, 4.69) is 12.2 Å². The first-order valence-electron chi connectivity index (χ1n) is 7.00. The van der Waals surface area contributed by atoms with E-state index in [9.17, 15) is 9.90 Å². The number of hydrogen-bond acceptors (Lipinski definition) is 4. The summed E-state index contributed by atoms with van der Waals surface area (Å²) in [5.74, 6) is 0.459. The molecule has 1 rings (SSSR count). The van der Waals surface area contributed by atoms with Crippen LogP contribution < -0.4 is 15.8 Å². The minimum Gasteiger partial charge on any atom is -0.491 e. The number of nitrogens with two attached hydrogens (primary N) is 1. The van der Waals surface area contributed by atoms with E-state index in [0.29, 0.717) is 25.9 Å². The lowest BCUT2D eigenvalue weighted by Gasteiger charge is -2.13. The second kappa shape index (κ2) is 9.34. The van der Waals surface area contributed by atoms with E-state index < -0.39 is 6.10 Å². The Morgan fingerprint density at radius 1 is 1.40 bits per heavy atom. The molecule has 0 aliphatic rings. The van der Waals surface area contributed by atoms with Crippen LogP contribution in [0.15, 0.2) is 24.3 Å². The molecule has 5 heteroatoms. The number of rotatable bonds is 10. The Bertz CT molecular complexity index is 393. The highest BCUT2D eigenvalue weighted by atomic mass is 16.5. The van der Waals surface area contributed by atoms with Crippen LogP contribution in [0.5, 0.6) is 5.75 Å². The third-order valence-electron chi connectivity index (χ3n) is 2.93. The molecule has 1 aromatic rings. The van der Waals surface area contributed by atoms with Crippen LogP contribution in [0.4, 0.5) is 0 Å². The second-order valence-corrected chi connectivity index (χ2v) is 4.74. The lowest BCUT2D eigenvalue weighted by atomic mass is 10.2. The van der Waals surface area contributed by atoms with Gasteiger partial charge in [0.2, 0.25) is 5.91 Å². The summed E-state index contributed by atoms with van der Waals surface area (Å²) in [6.07, 6.45) is 1.47. The van der Waals surface area contributed by atoms with Gasteiger partial charge in [-0.1, -0.05) is 19.1 Å². The molecule has 0 aliphatic heterocycles. The molecule has 1 atom stereocenters. The van der Waals surface area contributed by atoms with E-state index in [1.165, 1.54) is 5.56 Å². The largest absolute Gasteiger partial charge is 0.491 e. The number of ether oxygens (including phenoxy) is 1. The Balaban J connectivity index is 2.12. The normalized spacial score (nSPS) is 12.1. The molecule has 0 bridgehead atoms. The van der Waals surface area contributed by atoms with E-state index in [-0.39, 0.29) is 12.5 Å². The molecular weight excluding hydrogens is 256 g/mol. The van der Waals surface area contributed by atoms with Crippen molar-refractivity contribution in [3.8, 4) is 5.75 Å². The average molecular weight is 280 g/mol. The SMILES string of the molecule is CCc1ccc(OCC(O)CNCCCC(N)=O)cc1. The van der Waals surface area contributed by atoms with Crippen LogP contribution in [-0.2, 0) is 11.2 Å². The van der Waals surface area contributed by atoms with E-state index in [0.717, 1.165) is 12.2 Å². The van der Waals surface area contributed by atoms with E-state index in [1.807, 2.05) is 24.3 Å². The van der Waals surface area contributed by atoms with Gasteiger partial charge in [-0.15, -0.1) is 0 Å². The van der Waals surface area contributed by atoms with Crippen LogP contribution in [-0.4, -0.2) is 36.8 Å². The number of aliphatic hydroxyl groups is 1. The van der Waals surface area contributed by atoms with Gasteiger partial charge in [-0.25, -0.2) is 0 Å². The van der Waals surface area contributed by atoms with Crippen LogP contribution >= 0.6 is 0 Å². The number of carbonyl (C=O) groups excluding carboxylic acids is 1. The van der Waals surface area contributed by atoms with Crippen molar-refractivity contribution in [2.45, 2.75) is 32.3 Å². The van der Waals surface area contributed by atoms with E-state index in [1.54, 1.807) is 0 Å². The molecule has 0 aromatic heterocycles. The molecule has 0 fully saturated rings. The summed E-state index contributed by atoms with van der Waals surface area (Å²) in [6, 6.07) is 7.85. The van der Waals surface area contributed by atoms with Crippen LogP contribution in [0.25, 0.3) is 0 Å². The van der Waals surface area contributed by atoms with Gasteiger partial charge in [0.1, 0.15) is 18.5 Å². The number of amides is 1. The van der Waals surface area contributed by atoms with Gasteiger partial charge < -0.3 is 20.9 Å². The van der Waals surface area contributed by atoms with Crippen molar-refractivity contribution in [3.63, 3.8) is 0 Å². The molecule has 1 amide bonds. The summed E-state index contributed by atoms with van der Waals surface area (Å²) in [4.78, 5) is 10.5. The predicted octanol–water partition coefficient (Wildman–Crippen LogP) is 0.844. The summed E-state index contributed by atoms with van der Waals surface area (Å²) in [6.45, 7) is 3.44.